The molecule has 0 amide bonds. The van der Waals surface area contributed by atoms with Gasteiger partial charge in [0.15, 0.2) is 11.6 Å². The van der Waals surface area contributed by atoms with E-state index in [1.54, 1.807) is 7.11 Å². The van der Waals surface area contributed by atoms with Crippen molar-refractivity contribution in [1.29, 1.82) is 0 Å². The van der Waals surface area contributed by atoms with Gasteiger partial charge in [0, 0.05) is 38.4 Å². The van der Waals surface area contributed by atoms with Crippen LogP contribution in [0.3, 0.4) is 0 Å². The molecule has 1 aliphatic heterocycles. The first-order valence-corrected chi connectivity index (χ1v) is 6.06. The first kappa shape index (κ1) is 14.3. The van der Waals surface area contributed by atoms with Crippen molar-refractivity contribution in [3.05, 3.63) is 35.1 Å². The van der Waals surface area contributed by atoms with Gasteiger partial charge in [0.25, 0.3) is 0 Å². The standard InChI is InChI=1S/C13H16F3NO2/c1-18-8-10-7-17(2-3-19-10)6-9-4-12(15)13(16)5-11(9)14/h4-5,10H,2-3,6-8H2,1H3/t10-/m1/s1. The molecule has 1 aliphatic rings. The first-order chi connectivity index (χ1) is 9.10. The molecule has 0 spiro atoms. The van der Waals surface area contributed by atoms with Crippen LogP contribution in [-0.2, 0) is 16.0 Å². The summed E-state index contributed by atoms with van der Waals surface area (Å²) in [7, 11) is 1.58. The van der Waals surface area contributed by atoms with Gasteiger partial charge in [-0.1, -0.05) is 0 Å². The molecule has 0 saturated carbocycles. The molecule has 106 valence electrons. The minimum absolute atomic E-state index is 0.0768. The Morgan fingerprint density at radius 1 is 1.26 bits per heavy atom. The number of nitrogens with zero attached hydrogens (tertiary/aromatic N) is 1. The Kier molecular flexibility index (Phi) is 4.79. The molecule has 0 aliphatic carbocycles. The van der Waals surface area contributed by atoms with Crippen LogP contribution < -0.4 is 0 Å². The molecule has 0 unspecified atom stereocenters. The summed E-state index contributed by atoms with van der Waals surface area (Å²) in [5, 5.41) is 0. The van der Waals surface area contributed by atoms with Crippen LogP contribution in [-0.4, -0.2) is 44.4 Å². The molecular formula is C13H16F3NO2. The van der Waals surface area contributed by atoms with Crippen LogP contribution in [0.5, 0.6) is 0 Å². The molecule has 0 aromatic heterocycles. The average molecular weight is 275 g/mol. The van der Waals surface area contributed by atoms with Gasteiger partial charge in [-0.25, -0.2) is 13.2 Å². The third-order valence-corrected chi connectivity index (χ3v) is 3.06. The van der Waals surface area contributed by atoms with Crippen molar-refractivity contribution in [2.75, 3.05) is 33.4 Å². The van der Waals surface area contributed by atoms with E-state index in [0.717, 1.165) is 6.07 Å². The molecule has 1 aromatic carbocycles. The average Bonchev–Trinajstić information content (AvgIpc) is 2.37. The Bertz CT molecular complexity index is 440. The van der Waals surface area contributed by atoms with Crippen LogP contribution in [0.15, 0.2) is 12.1 Å². The van der Waals surface area contributed by atoms with Gasteiger partial charge in [-0.05, 0) is 6.07 Å². The maximum absolute atomic E-state index is 13.5. The fraction of sp³-hybridized carbons (Fsp3) is 0.538. The van der Waals surface area contributed by atoms with Crippen LogP contribution in [0.1, 0.15) is 5.56 Å². The molecule has 0 bridgehead atoms. The SMILES string of the molecule is COC[C@H]1CN(Cc2cc(F)c(F)cc2F)CCO1. The molecule has 0 radical (unpaired) electrons. The number of ether oxygens (including phenoxy) is 2. The summed E-state index contributed by atoms with van der Waals surface area (Å²) < 4.78 is 50.0. The number of morpholine rings is 1. The van der Waals surface area contributed by atoms with E-state index in [9.17, 15) is 13.2 Å². The molecule has 19 heavy (non-hydrogen) atoms. The zero-order valence-electron chi connectivity index (χ0n) is 10.7. The lowest BCUT2D eigenvalue weighted by Crippen LogP contribution is -2.43. The Balaban J connectivity index is 2.02. The van der Waals surface area contributed by atoms with Gasteiger partial charge in [-0.2, -0.15) is 0 Å². The lowest BCUT2D eigenvalue weighted by molar-refractivity contribution is -0.0633. The molecule has 2 rings (SSSR count). The summed E-state index contributed by atoms with van der Waals surface area (Å²) in [6.45, 7) is 2.40. The lowest BCUT2D eigenvalue weighted by Gasteiger charge is -2.32. The smallest absolute Gasteiger partial charge is 0.161 e. The molecule has 3 nitrogen and oxygen atoms in total. The Labute approximate surface area is 109 Å². The summed E-state index contributed by atoms with van der Waals surface area (Å²) in [5.74, 6) is -2.92. The van der Waals surface area contributed by atoms with Crippen molar-refractivity contribution < 1.29 is 22.6 Å². The highest BCUT2D eigenvalue weighted by atomic mass is 19.2. The molecule has 1 heterocycles. The van der Waals surface area contributed by atoms with Crippen molar-refractivity contribution in [3.63, 3.8) is 0 Å². The predicted octanol–water partition coefficient (Wildman–Crippen LogP) is 1.95. The van der Waals surface area contributed by atoms with Gasteiger partial charge in [0.1, 0.15) is 5.82 Å². The van der Waals surface area contributed by atoms with E-state index < -0.39 is 17.5 Å². The van der Waals surface area contributed by atoms with Crippen LogP contribution in [0.25, 0.3) is 0 Å². The van der Waals surface area contributed by atoms with Gasteiger partial charge in [-0.3, -0.25) is 4.90 Å². The van der Waals surface area contributed by atoms with Gasteiger partial charge < -0.3 is 9.47 Å². The molecule has 1 atom stereocenters. The van der Waals surface area contributed by atoms with E-state index in [4.69, 9.17) is 9.47 Å². The first-order valence-electron chi connectivity index (χ1n) is 6.06. The molecule has 6 heteroatoms. The number of benzene rings is 1. The molecule has 0 N–H and O–H groups in total. The summed E-state index contributed by atoms with van der Waals surface area (Å²) >= 11 is 0. The fourth-order valence-electron chi connectivity index (χ4n) is 2.14. The molecular weight excluding hydrogens is 259 g/mol. The number of hydrogen-bond acceptors (Lipinski definition) is 3. The van der Waals surface area contributed by atoms with Crippen molar-refractivity contribution in [2.24, 2.45) is 0 Å². The van der Waals surface area contributed by atoms with Crippen molar-refractivity contribution in [2.45, 2.75) is 12.6 Å². The molecule has 1 aromatic rings. The highest BCUT2D eigenvalue weighted by Crippen LogP contribution is 2.17. The van der Waals surface area contributed by atoms with E-state index in [1.807, 2.05) is 4.90 Å². The summed E-state index contributed by atoms with van der Waals surface area (Å²) in [6, 6.07) is 1.49. The summed E-state index contributed by atoms with van der Waals surface area (Å²) in [6.07, 6.45) is -0.0768. The van der Waals surface area contributed by atoms with E-state index >= 15 is 0 Å². The maximum Gasteiger partial charge on any atom is 0.161 e. The van der Waals surface area contributed by atoms with Crippen LogP contribution in [0, 0.1) is 17.5 Å². The summed E-state index contributed by atoms with van der Waals surface area (Å²) in [5.41, 5.74) is 0.150. The number of rotatable bonds is 4. The Morgan fingerprint density at radius 3 is 2.74 bits per heavy atom. The van der Waals surface area contributed by atoms with E-state index in [-0.39, 0.29) is 18.2 Å². The zero-order valence-corrected chi connectivity index (χ0v) is 10.7. The maximum atomic E-state index is 13.5. The second kappa shape index (κ2) is 6.36. The second-order valence-electron chi connectivity index (χ2n) is 4.54. The van der Waals surface area contributed by atoms with E-state index in [0.29, 0.717) is 32.4 Å². The van der Waals surface area contributed by atoms with Crippen LogP contribution >= 0.6 is 0 Å². The van der Waals surface area contributed by atoms with Gasteiger partial charge in [0.05, 0.1) is 19.3 Å². The van der Waals surface area contributed by atoms with Crippen molar-refractivity contribution >= 4 is 0 Å². The topological polar surface area (TPSA) is 21.7 Å². The van der Waals surface area contributed by atoms with Crippen LogP contribution in [0.2, 0.25) is 0 Å². The quantitative estimate of drug-likeness (QED) is 0.784. The lowest BCUT2D eigenvalue weighted by atomic mass is 10.1. The largest absolute Gasteiger partial charge is 0.382 e. The minimum atomic E-state index is -1.17. The van der Waals surface area contributed by atoms with Gasteiger partial charge >= 0.3 is 0 Å². The number of hydrogen-bond donors (Lipinski definition) is 0. The number of halogens is 3. The normalized spacial score (nSPS) is 20.7. The van der Waals surface area contributed by atoms with Gasteiger partial charge in [-0.15, -0.1) is 0 Å². The Hall–Kier alpha value is -1.11. The van der Waals surface area contributed by atoms with E-state index in [1.165, 1.54) is 0 Å². The zero-order chi connectivity index (χ0) is 13.8. The van der Waals surface area contributed by atoms with Crippen LogP contribution in [0.4, 0.5) is 13.2 Å². The van der Waals surface area contributed by atoms with E-state index in [2.05, 4.69) is 0 Å². The third kappa shape index (κ3) is 3.68. The Morgan fingerprint density at radius 2 is 2.00 bits per heavy atom. The fourth-order valence-corrected chi connectivity index (χ4v) is 2.14. The van der Waals surface area contributed by atoms with Crippen molar-refractivity contribution in [3.8, 4) is 0 Å². The second-order valence-corrected chi connectivity index (χ2v) is 4.54. The molecule has 1 fully saturated rings. The highest BCUT2D eigenvalue weighted by Gasteiger charge is 2.21. The van der Waals surface area contributed by atoms with Gasteiger partial charge in [0.2, 0.25) is 0 Å². The minimum Gasteiger partial charge on any atom is -0.382 e. The summed E-state index contributed by atoms with van der Waals surface area (Å²) in [4.78, 5) is 1.93. The predicted molar refractivity (Wildman–Crippen MR) is 63.2 cm³/mol. The highest BCUT2D eigenvalue weighted by molar-refractivity contribution is 5.20. The van der Waals surface area contributed by atoms with Crippen molar-refractivity contribution in [1.82, 2.24) is 4.90 Å². The third-order valence-electron chi connectivity index (χ3n) is 3.06. The molecule has 1 saturated heterocycles. The number of methoxy groups -OCH3 is 1. The monoisotopic (exact) mass is 275 g/mol.